The molecular weight excluding hydrogens is 717 g/mol. The third-order valence-electron chi connectivity index (χ3n) is 8.27. The zero-order valence-electron chi connectivity index (χ0n) is 27.4. The van der Waals surface area contributed by atoms with Gasteiger partial charge >= 0.3 is 18.1 Å². The number of nitrogens with two attached hydrogens (primary N) is 1. The molecule has 0 radical (unpaired) electrons. The molecule has 3 aromatic carbocycles. The van der Waals surface area contributed by atoms with Crippen LogP contribution in [0.2, 0.25) is 5.02 Å². The summed E-state index contributed by atoms with van der Waals surface area (Å²) in [6.45, 7) is 3.25. The van der Waals surface area contributed by atoms with E-state index in [1.165, 1.54) is 18.1 Å². The molecule has 5 N–H and O–H groups in total. The first kappa shape index (κ1) is 38.7. The van der Waals surface area contributed by atoms with Crippen molar-refractivity contribution in [3.63, 3.8) is 0 Å². The van der Waals surface area contributed by atoms with Crippen molar-refractivity contribution in [1.29, 1.82) is 0 Å². The van der Waals surface area contributed by atoms with Crippen molar-refractivity contribution in [2.75, 3.05) is 24.7 Å². The molecule has 1 saturated heterocycles. The second-order valence-electron chi connectivity index (χ2n) is 11.7. The van der Waals surface area contributed by atoms with Crippen LogP contribution in [0.15, 0.2) is 77.8 Å². The molecular formula is C34H34ClF3N4O8S. The monoisotopic (exact) mass is 750 g/mol. The van der Waals surface area contributed by atoms with Gasteiger partial charge in [0.1, 0.15) is 17.6 Å². The minimum atomic E-state index is -5.08. The van der Waals surface area contributed by atoms with Gasteiger partial charge in [0, 0.05) is 23.8 Å². The van der Waals surface area contributed by atoms with Gasteiger partial charge in [0.05, 0.1) is 34.2 Å². The molecule has 2 unspecified atom stereocenters. The number of hydrogen-bond acceptors (Lipinski definition) is 9. The van der Waals surface area contributed by atoms with E-state index in [2.05, 4.69) is 10.3 Å². The molecule has 0 saturated carbocycles. The van der Waals surface area contributed by atoms with Crippen LogP contribution in [0.3, 0.4) is 0 Å². The number of anilines is 2. The Kier molecular flexibility index (Phi) is 11.7. The Morgan fingerprint density at radius 2 is 1.73 bits per heavy atom. The first-order valence-electron chi connectivity index (χ1n) is 15.3. The maximum absolute atomic E-state index is 14.6. The van der Waals surface area contributed by atoms with Crippen LogP contribution in [0.25, 0.3) is 10.8 Å². The van der Waals surface area contributed by atoms with Crippen molar-refractivity contribution < 1.29 is 50.9 Å². The fourth-order valence-corrected chi connectivity index (χ4v) is 7.18. The molecule has 51 heavy (non-hydrogen) atoms. The van der Waals surface area contributed by atoms with E-state index in [1.807, 2.05) is 6.07 Å². The number of methoxy groups -OCH3 is 1. The molecule has 17 heteroatoms. The number of likely N-dealkylation sites (tertiary alicyclic amines) is 1. The third-order valence-corrected chi connectivity index (χ3v) is 10.8. The van der Waals surface area contributed by atoms with Crippen LogP contribution < -0.4 is 15.8 Å². The summed E-state index contributed by atoms with van der Waals surface area (Å²) in [5.41, 5.74) is 7.43. The predicted molar refractivity (Wildman–Crippen MR) is 183 cm³/mol. The molecule has 3 atom stereocenters. The fraction of sp³-hybridized carbons (Fsp3) is 0.294. The molecule has 1 amide bonds. The normalized spacial score (nSPS) is 16.7. The Balaban J connectivity index is 0.000000755. The highest BCUT2D eigenvalue weighted by Gasteiger charge is 2.46. The second-order valence-corrected chi connectivity index (χ2v) is 14.6. The van der Waals surface area contributed by atoms with Crippen molar-refractivity contribution in [2.24, 2.45) is 5.92 Å². The average Bonchev–Trinajstić information content (AvgIpc) is 3.53. The lowest BCUT2D eigenvalue weighted by Crippen LogP contribution is -2.40. The number of nitrogens with one attached hydrogen (secondary N) is 1. The quantitative estimate of drug-likeness (QED) is 0.154. The van der Waals surface area contributed by atoms with E-state index in [0.29, 0.717) is 27.8 Å². The molecule has 0 spiro atoms. The number of carboxylic acid groups (broad SMARTS) is 2. The molecule has 1 aromatic heterocycles. The number of aromatic nitrogens is 1. The van der Waals surface area contributed by atoms with Crippen LogP contribution in [0.5, 0.6) is 5.75 Å². The van der Waals surface area contributed by atoms with Gasteiger partial charge in [-0.15, -0.1) is 0 Å². The number of carbonyl (C=O) groups is 3. The minimum absolute atomic E-state index is 0.0179. The SMILES string of the molecule is COc1cc([C@@H](Nc2ccc3c(N)nccc3c2)C(=O)N2CCC(C(=O)O)C2c2ccccc2S(=O)(=O)C(C)C)ccc1Cl.O=C(O)C(F)(F)F. The Hall–Kier alpha value is -5.09. The number of sulfone groups is 1. The smallest absolute Gasteiger partial charge is 0.490 e. The zero-order chi connectivity index (χ0) is 37.8. The summed E-state index contributed by atoms with van der Waals surface area (Å²) < 4.78 is 63.9. The number of amides is 1. The number of fused-ring (bicyclic) bond motifs is 1. The molecule has 1 aliphatic rings. The Morgan fingerprint density at radius 3 is 2.33 bits per heavy atom. The first-order valence-corrected chi connectivity index (χ1v) is 17.2. The van der Waals surface area contributed by atoms with E-state index < -0.39 is 57.1 Å². The van der Waals surface area contributed by atoms with E-state index in [-0.39, 0.29) is 23.4 Å². The summed E-state index contributed by atoms with van der Waals surface area (Å²) in [5, 5.41) is 21.8. The van der Waals surface area contributed by atoms with Crippen molar-refractivity contribution in [3.05, 3.63) is 89.1 Å². The molecule has 1 fully saturated rings. The summed E-state index contributed by atoms with van der Waals surface area (Å²) >= 11 is 6.31. The van der Waals surface area contributed by atoms with Crippen LogP contribution in [0, 0.1) is 5.92 Å². The molecule has 2 heterocycles. The standard InChI is InChI=1S/C32H33ClN4O6S.C2HF3O2/c1-18(2)44(41,42)27-7-5-4-6-23(27)29-24(32(39)40)13-15-37(29)31(38)28(20-8-11-25(33)26(17-20)43-3)36-21-9-10-22-19(16-21)12-14-35-30(22)34;3-2(4,5)1(6)7/h4-12,14,16-18,24,28-29,36H,13,15H2,1-3H3,(H2,34,35)(H,39,40);(H,6,7)/t24?,28-,29?;/m1./s1. The molecule has 5 rings (SSSR count). The van der Waals surface area contributed by atoms with Crippen LogP contribution in [0.1, 0.15) is 43.5 Å². The van der Waals surface area contributed by atoms with Gasteiger partial charge < -0.3 is 30.9 Å². The maximum atomic E-state index is 14.6. The van der Waals surface area contributed by atoms with E-state index in [1.54, 1.807) is 74.6 Å². The summed E-state index contributed by atoms with van der Waals surface area (Å²) in [6, 6.07) is 16.5. The molecule has 0 bridgehead atoms. The zero-order valence-corrected chi connectivity index (χ0v) is 29.0. The number of ether oxygens (including phenoxy) is 1. The lowest BCUT2D eigenvalue weighted by atomic mass is 9.93. The van der Waals surface area contributed by atoms with Crippen LogP contribution in [0.4, 0.5) is 24.7 Å². The van der Waals surface area contributed by atoms with Gasteiger partial charge in [0.15, 0.2) is 9.84 Å². The molecule has 4 aromatic rings. The van der Waals surface area contributed by atoms with Gasteiger partial charge in [-0.05, 0) is 79.2 Å². The van der Waals surface area contributed by atoms with Gasteiger partial charge in [-0.3, -0.25) is 9.59 Å². The van der Waals surface area contributed by atoms with Crippen LogP contribution >= 0.6 is 11.6 Å². The van der Waals surface area contributed by atoms with Crippen molar-refractivity contribution in [2.45, 2.75) is 48.7 Å². The second kappa shape index (κ2) is 15.4. The van der Waals surface area contributed by atoms with Crippen LogP contribution in [-0.4, -0.2) is 71.4 Å². The highest BCUT2D eigenvalue weighted by Crippen LogP contribution is 2.43. The lowest BCUT2D eigenvalue weighted by molar-refractivity contribution is -0.192. The maximum Gasteiger partial charge on any atom is 0.490 e. The number of alkyl halides is 3. The number of rotatable bonds is 9. The number of nitrogen functional groups attached to an aromatic ring is 1. The number of carboxylic acids is 2. The van der Waals surface area contributed by atoms with Gasteiger partial charge in [-0.25, -0.2) is 18.2 Å². The van der Waals surface area contributed by atoms with Gasteiger partial charge in [0.2, 0.25) is 5.91 Å². The number of halogens is 4. The van der Waals surface area contributed by atoms with E-state index in [9.17, 15) is 36.3 Å². The van der Waals surface area contributed by atoms with Crippen molar-refractivity contribution in [3.8, 4) is 5.75 Å². The van der Waals surface area contributed by atoms with Crippen molar-refractivity contribution in [1.82, 2.24) is 9.88 Å². The first-order chi connectivity index (χ1) is 23.9. The fourth-order valence-electron chi connectivity index (χ4n) is 5.69. The van der Waals surface area contributed by atoms with Crippen LogP contribution in [-0.2, 0) is 24.2 Å². The van der Waals surface area contributed by atoms with Gasteiger partial charge in [-0.1, -0.05) is 35.9 Å². The van der Waals surface area contributed by atoms with Gasteiger partial charge in [-0.2, -0.15) is 13.2 Å². The summed E-state index contributed by atoms with van der Waals surface area (Å²) in [5.74, 6) is -4.59. The minimum Gasteiger partial charge on any atom is -0.495 e. The van der Waals surface area contributed by atoms with Gasteiger partial charge in [0.25, 0.3) is 0 Å². The summed E-state index contributed by atoms with van der Waals surface area (Å²) in [4.78, 5) is 41.6. The Labute approximate surface area is 295 Å². The highest BCUT2D eigenvalue weighted by atomic mass is 35.5. The molecule has 1 aliphatic heterocycles. The predicted octanol–water partition coefficient (Wildman–Crippen LogP) is 6.12. The highest BCUT2D eigenvalue weighted by molar-refractivity contribution is 7.92. The Bertz CT molecular complexity index is 2060. The topological polar surface area (TPSA) is 189 Å². The number of hydrogen-bond donors (Lipinski definition) is 4. The number of carbonyl (C=O) groups excluding carboxylic acids is 1. The average molecular weight is 751 g/mol. The summed E-state index contributed by atoms with van der Waals surface area (Å²) in [6.07, 6.45) is -3.33. The number of aliphatic carboxylic acids is 2. The van der Waals surface area contributed by atoms with E-state index in [4.69, 9.17) is 32.0 Å². The molecule has 0 aliphatic carbocycles. The van der Waals surface area contributed by atoms with Crippen molar-refractivity contribution >= 4 is 61.6 Å². The van der Waals surface area contributed by atoms with E-state index >= 15 is 0 Å². The Morgan fingerprint density at radius 1 is 1.06 bits per heavy atom. The number of nitrogens with zero attached hydrogens (tertiary/aromatic N) is 2. The number of pyridine rings is 1. The largest absolute Gasteiger partial charge is 0.495 e. The molecule has 12 nitrogen and oxygen atoms in total. The summed E-state index contributed by atoms with van der Waals surface area (Å²) in [7, 11) is -2.33. The lowest BCUT2D eigenvalue weighted by Gasteiger charge is -2.33. The number of benzene rings is 3. The third kappa shape index (κ3) is 8.45. The molecule has 272 valence electrons. The van der Waals surface area contributed by atoms with E-state index in [0.717, 1.165) is 10.8 Å².